The van der Waals surface area contributed by atoms with E-state index in [2.05, 4.69) is 15.5 Å². The Morgan fingerprint density at radius 3 is 2.37 bits per heavy atom. The minimum atomic E-state index is -0.410. The standard InChI is InChI=1S/C19H17ClN4O3/c1-12(2)27-19(26)13-3-5-14(6-4-13)23-18(25)16-9-15(7-8-17(16)20)24-10-21-22-11-24/h3-12H,1-2H3,(H,23,25). The first-order chi connectivity index (χ1) is 12.9. The molecule has 0 unspecified atom stereocenters. The minimum absolute atomic E-state index is 0.197. The second kappa shape index (κ2) is 8.01. The van der Waals surface area contributed by atoms with E-state index < -0.39 is 5.97 Å². The highest BCUT2D eigenvalue weighted by Gasteiger charge is 2.14. The maximum atomic E-state index is 12.6. The second-order valence-corrected chi connectivity index (χ2v) is 6.43. The Bertz CT molecular complexity index is 954. The number of amides is 1. The molecule has 2 aromatic carbocycles. The molecule has 7 nitrogen and oxygen atoms in total. The van der Waals surface area contributed by atoms with Crippen LogP contribution in [0.5, 0.6) is 0 Å². The van der Waals surface area contributed by atoms with E-state index in [-0.39, 0.29) is 12.0 Å². The largest absolute Gasteiger partial charge is 0.459 e. The van der Waals surface area contributed by atoms with E-state index >= 15 is 0 Å². The van der Waals surface area contributed by atoms with Crippen LogP contribution < -0.4 is 5.32 Å². The van der Waals surface area contributed by atoms with E-state index in [0.29, 0.717) is 27.5 Å². The highest BCUT2D eigenvalue weighted by atomic mass is 35.5. The van der Waals surface area contributed by atoms with Gasteiger partial charge in [0.15, 0.2) is 0 Å². The molecule has 8 heteroatoms. The van der Waals surface area contributed by atoms with Crippen LogP contribution in [-0.4, -0.2) is 32.7 Å². The van der Waals surface area contributed by atoms with Crippen molar-refractivity contribution in [3.63, 3.8) is 0 Å². The molecule has 0 aliphatic carbocycles. The zero-order valence-electron chi connectivity index (χ0n) is 14.7. The van der Waals surface area contributed by atoms with Crippen molar-refractivity contribution in [2.75, 3.05) is 5.32 Å². The van der Waals surface area contributed by atoms with Crippen LogP contribution in [0.3, 0.4) is 0 Å². The number of nitrogens with one attached hydrogen (secondary N) is 1. The Labute approximate surface area is 160 Å². The fourth-order valence-electron chi connectivity index (χ4n) is 2.35. The molecule has 0 saturated carbocycles. The van der Waals surface area contributed by atoms with Gasteiger partial charge in [0.05, 0.1) is 22.3 Å². The summed E-state index contributed by atoms with van der Waals surface area (Å²) in [5, 5.41) is 10.6. The maximum Gasteiger partial charge on any atom is 0.338 e. The topological polar surface area (TPSA) is 86.1 Å². The normalized spacial score (nSPS) is 10.7. The number of hydrogen-bond donors (Lipinski definition) is 1. The number of benzene rings is 2. The van der Waals surface area contributed by atoms with E-state index in [9.17, 15) is 9.59 Å². The Morgan fingerprint density at radius 1 is 1.07 bits per heavy atom. The third kappa shape index (κ3) is 4.51. The average molecular weight is 385 g/mol. The lowest BCUT2D eigenvalue weighted by atomic mass is 10.1. The zero-order valence-corrected chi connectivity index (χ0v) is 15.5. The number of carbonyl (C=O) groups excluding carboxylic acids is 2. The van der Waals surface area contributed by atoms with Crippen molar-refractivity contribution in [1.82, 2.24) is 14.8 Å². The number of aromatic nitrogens is 3. The van der Waals surface area contributed by atoms with E-state index in [1.165, 1.54) is 12.7 Å². The molecule has 1 heterocycles. The van der Waals surface area contributed by atoms with Crippen LogP contribution in [0.25, 0.3) is 5.69 Å². The lowest BCUT2D eigenvalue weighted by Crippen LogP contribution is -2.14. The summed E-state index contributed by atoms with van der Waals surface area (Å²) in [6, 6.07) is 11.5. The molecule has 0 atom stereocenters. The first-order valence-electron chi connectivity index (χ1n) is 8.21. The van der Waals surface area contributed by atoms with Gasteiger partial charge in [-0.05, 0) is 56.3 Å². The molecule has 0 fully saturated rings. The van der Waals surface area contributed by atoms with Gasteiger partial charge in [-0.3, -0.25) is 9.36 Å². The van der Waals surface area contributed by atoms with Gasteiger partial charge in [0.2, 0.25) is 0 Å². The van der Waals surface area contributed by atoms with Crippen LogP contribution in [0.4, 0.5) is 5.69 Å². The van der Waals surface area contributed by atoms with Crippen LogP contribution in [0.1, 0.15) is 34.6 Å². The number of halogens is 1. The van der Waals surface area contributed by atoms with Crippen molar-refractivity contribution >= 4 is 29.2 Å². The molecular weight excluding hydrogens is 368 g/mol. The zero-order chi connectivity index (χ0) is 19.4. The van der Waals surface area contributed by atoms with E-state index in [4.69, 9.17) is 16.3 Å². The highest BCUT2D eigenvalue weighted by molar-refractivity contribution is 6.34. The summed E-state index contributed by atoms with van der Waals surface area (Å²) in [4.78, 5) is 24.5. The van der Waals surface area contributed by atoms with Crippen LogP contribution in [0, 0.1) is 0 Å². The van der Waals surface area contributed by atoms with E-state index in [1.807, 2.05) is 0 Å². The first-order valence-corrected chi connectivity index (χ1v) is 8.59. The molecular formula is C19H17ClN4O3. The van der Waals surface area contributed by atoms with Crippen molar-refractivity contribution < 1.29 is 14.3 Å². The van der Waals surface area contributed by atoms with Crippen molar-refractivity contribution in [3.05, 3.63) is 71.3 Å². The van der Waals surface area contributed by atoms with Gasteiger partial charge in [-0.15, -0.1) is 10.2 Å². The Balaban J connectivity index is 1.75. The number of nitrogens with zero attached hydrogens (tertiary/aromatic N) is 3. The monoisotopic (exact) mass is 384 g/mol. The van der Waals surface area contributed by atoms with Crippen LogP contribution in [0.2, 0.25) is 5.02 Å². The van der Waals surface area contributed by atoms with Gasteiger partial charge in [-0.2, -0.15) is 0 Å². The van der Waals surface area contributed by atoms with Crippen LogP contribution in [0.15, 0.2) is 55.1 Å². The Kier molecular flexibility index (Phi) is 5.52. The molecule has 0 aliphatic rings. The third-order valence-corrected chi connectivity index (χ3v) is 3.96. The third-order valence-electron chi connectivity index (χ3n) is 3.63. The molecule has 27 heavy (non-hydrogen) atoms. The fourth-order valence-corrected chi connectivity index (χ4v) is 2.56. The summed E-state index contributed by atoms with van der Waals surface area (Å²) < 4.78 is 6.80. The Hall–Kier alpha value is -3.19. The van der Waals surface area contributed by atoms with Gasteiger partial charge >= 0.3 is 5.97 Å². The predicted molar refractivity (Wildman–Crippen MR) is 101 cm³/mol. The van der Waals surface area contributed by atoms with Crippen molar-refractivity contribution in [2.24, 2.45) is 0 Å². The predicted octanol–water partition coefficient (Wildman–Crippen LogP) is 3.74. The molecule has 0 saturated heterocycles. The molecule has 0 bridgehead atoms. The number of hydrogen-bond acceptors (Lipinski definition) is 5. The SMILES string of the molecule is CC(C)OC(=O)c1ccc(NC(=O)c2cc(-n3cnnc3)ccc2Cl)cc1. The minimum Gasteiger partial charge on any atom is -0.459 e. The molecule has 0 aliphatic heterocycles. The molecule has 3 rings (SSSR count). The van der Waals surface area contributed by atoms with Crippen LogP contribution in [-0.2, 0) is 4.74 Å². The van der Waals surface area contributed by atoms with Crippen LogP contribution >= 0.6 is 11.6 Å². The molecule has 138 valence electrons. The molecule has 0 spiro atoms. The van der Waals surface area contributed by atoms with Gasteiger partial charge < -0.3 is 10.1 Å². The fraction of sp³-hybridized carbons (Fsp3) is 0.158. The van der Waals surface area contributed by atoms with Gasteiger partial charge in [0.25, 0.3) is 5.91 Å². The lowest BCUT2D eigenvalue weighted by Gasteiger charge is -2.10. The number of esters is 1. The van der Waals surface area contributed by atoms with Crippen molar-refractivity contribution in [2.45, 2.75) is 20.0 Å². The van der Waals surface area contributed by atoms with E-state index in [0.717, 1.165) is 0 Å². The summed E-state index contributed by atoms with van der Waals surface area (Å²) in [6.45, 7) is 3.56. The molecule has 3 aromatic rings. The summed E-state index contributed by atoms with van der Waals surface area (Å²) >= 11 is 6.17. The van der Waals surface area contributed by atoms with Gasteiger partial charge in [0, 0.05) is 11.4 Å². The van der Waals surface area contributed by atoms with Gasteiger partial charge in [-0.25, -0.2) is 4.79 Å². The van der Waals surface area contributed by atoms with Gasteiger partial charge in [-0.1, -0.05) is 11.6 Å². The quantitative estimate of drug-likeness (QED) is 0.677. The van der Waals surface area contributed by atoms with Gasteiger partial charge in [0.1, 0.15) is 12.7 Å². The molecule has 1 N–H and O–H groups in total. The number of carbonyl (C=O) groups is 2. The summed E-state index contributed by atoms with van der Waals surface area (Å²) in [5.41, 5.74) is 1.97. The summed E-state index contributed by atoms with van der Waals surface area (Å²) in [5.74, 6) is -0.778. The van der Waals surface area contributed by atoms with Crippen molar-refractivity contribution in [3.8, 4) is 5.69 Å². The number of rotatable bonds is 5. The smallest absolute Gasteiger partial charge is 0.338 e. The molecule has 0 radical (unpaired) electrons. The molecule has 1 amide bonds. The average Bonchev–Trinajstić information content (AvgIpc) is 3.16. The first kappa shape index (κ1) is 18.6. The highest BCUT2D eigenvalue weighted by Crippen LogP contribution is 2.21. The second-order valence-electron chi connectivity index (χ2n) is 6.02. The van der Waals surface area contributed by atoms with E-state index in [1.54, 1.807) is 60.9 Å². The summed E-state index contributed by atoms with van der Waals surface area (Å²) in [7, 11) is 0. The maximum absolute atomic E-state index is 12.6. The molecule has 1 aromatic heterocycles. The summed E-state index contributed by atoms with van der Waals surface area (Å²) in [6.07, 6.45) is 2.86. The number of anilines is 1. The lowest BCUT2D eigenvalue weighted by molar-refractivity contribution is 0.0378. The van der Waals surface area contributed by atoms with Crippen molar-refractivity contribution in [1.29, 1.82) is 0 Å². The number of ether oxygens (including phenoxy) is 1. The Morgan fingerprint density at radius 2 is 1.74 bits per heavy atom.